The number of nitrogens with zero attached hydrogens (tertiary/aromatic N) is 2. The Balaban J connectivity index is 2.16. The summed E-state index contributed by atoms with van der Waals surface area (Å²) in [7, 11) is -3.49. The number of hydrogen-bond acceptors (Lipinski definition) is 4. The number of para-hydroxylation sites is 1. The van der Waals surface area contributed by atoms with Crippen molar-refractivity contribution in [3.63, 3.8) is 0 Å². The lowest BCUT2D eigenvalue weighted by Gasteiger charge is -2.28. The molecular weight excluding hydrogens is 288 g/mol. The Kier molecular flexibility index (Phi) is 5.59. The number of ether oxygens (including phenoxy) is 1. The molecule has 21 heavy (non-hydrogen) atoms. The molecule has 1 aliphatic heterocycles. The smallest absolute Gasteiger partial charge is 0.237 e. The second-order valence-corrected chi connectivity index (χ2v) is 7.02. The molecule has 1 aromatic rings. The van der Waals surface area contributed by atoms with E-state index in [1.807, 2.05) is 12.1 Å². The lowest BCUT2D eigenvalue weighted by molar-refractivity contribution is 0.0305. The molecule has 0 amide bonds. The summed E-state index contributed by atoms with van der Waals surface area (Å²) in [5.74, 6) is -0.0205. The van der Waals surface area contributed by atoms with Crippen LogP contribution >= 0.6 is 0 Å². The second-order valence-electron chi connectivity index (χ2n) is 5.08. The van der Waals surface area contributed by atoms with Crippen molar-refractivity contribution in [1.82, 2.24) is 0 Å². The van der Waals surface area contributed by atoms with Gasteiger partial charge in [-0.25, -0.2) is 8.42 Å². The number of nitriles is 1. The van der Waals surface area contributed by atoms with Crippen molar-refractivity contribution in [3.05, 3.63) is 30.3 Å². The Hall–Kier alpha value is -1.58. The summed E-state index contributed by atoms with van der Waals surface area (Å²) in [5, 5.41) is 8.75. The average molecular weight is 308 g/mol. The molecule has 0 N–H and O–H groups in total. The maximum absolute atomic E-state index is 12.6. The van der Waals surface area contributed by atoms with E-state index in [4.69, 9.17) is 10.00 Å². The van der Waals surface area contributed by atoms with Crippen LogP contribution in [-0.2, 0) is 14.8 Å². The third-order valence-corrected chi connectivity index (χ3v) is 5.34. The monoisotopic (exact) mass is 308 g/mol. The largest absolute Gasteiger partial charge is 0.377 e. The van der Waals surface area contributed by atoms with Crippen molar-refractivity contribution in [1.29, 1.82) is 5.26 Å². The summed E-state index contributed by atoms with van der Waals surface area (Å²) in [5.41, 5.74) is 0.601. The minimum absolute atomic E-state index is 0.0205. The molecule has 0 unspecified atom stereocenters. The molecule has 0 spiro atoms. The molecule has 1 aromatic carbocycles. The molecule has 5 nitrogen and oxygen atoms in total. The van der Waals surface area contributed by atoms with E-state index < -0.39 is 10.0 Å². The zero-order chi connectivity index (χ0) is 15.1. The molecule has 0 bridgehead atoms. The molecule has 1 fully saturated rings. The fourth-order valence-electron chi connectivity index (χ4n) is 2.44. The third-order valence-electron chi connectivity index (χ3n) is 3.48. The van der Waals surface area contributed by atoms with E-state index in [2.05, 4.69) is 0 Å². The van der Waals surface area contributed by atoms with Crippen molar-refractivity contribution >= 4 is 15.7 Å². The van der Waals surface area contributed by atoms with Crippen molar-refractivity contribution in [2.24, 2.45) is 0 Å². The summed E-state index contributed by atoms with van der Waals surface area (Å²) in [6.45, 7) is 0.805. The van der Waals surface area contributed by atoms with Crippen LogP contribution in [0.15, 0.2) is 30.3 Å². The summed E-state index contributed by atoms with van der Waals surface area (Å²) in [6.07, 6.45) is 2.70. The van der Waals surface area contributed by atoms with Gasteiger partial charge in [-0.15, -0.1) is 0 Å². The summed E-state index contributed by atoms with van der Waals surface area (Å²) in [4.78, 5) is 0. The quantitative estimate of drug-likeness (QED) is 0.808. The van der Waals surface area contributed by atoms with Crippen LogP contribution in [0.1, 0.15) is 25.7 Å². The van der Waals surface area contributed by atoms with E-state index in [1.54, 1.807) is 24.3 Å². The van der Waals surface area contributed by atoms with Crippen molar-refractivity contribution in [2.75, 3.05) is 23.2 Å². The maximum atomic E-state index is 12.6. The van der Waals surface area contributed by atoms with Crippen molar-refractivity contribution in [3.8, 4) is 6.07 Å². The van der Waals surface area contributed by atoms with Crippen LogP contribution in [0.5, 0.6) is 0 Å². The SMILES string of the molecule is N#CCCN(c1ccccc1)S(=O)(=O)C[C@H]1CCCCO1. The van der Waals surface area contributed by atoms with E-state index in [9.17, 15) is 8.42 Å². The molecule has 1 aliphatic rings. The Labute approximate surface area is 126 Å². The Morgan fingerprint density at radius 1 is 1.29 bits per heavy atom. The molecule has 0 radical (unpaired) electrons. The maximum Gasteiger partial charge on any atom is 0.237 e. The molecule has 2 rings (SSSR count). The van der Waals surface area contributed by atoms with E-state index in [0.29, 0.717) is 12.3 Å². The van der Waals surface area contributed by atoms with E-state index in [1.165, 1.54) is 4.31 Å². The predicted octanol–water partition coefficient (Wildman–Crippen LogP) is 2.31. The number of hydrogen-bond donors (Lipinski definition) is 0. The molecule has 1 atom stereocenters. The van der Waals surface area contributed by atoms with Crippen LogP contribution in [0, 0.1) is 11.3 Å². The number of anilines is 1. The Morgan fingerprint density at radius 3 is 2.67 bits per heavy atom. The molecule has 0 aromatic heterocycles. The molecule has 1 saturated heterocycles. The van der Waals surface area contributed by atoms with Crippen LogP contribution in [0.2, 0.25) is 0 Å². The third kappa shape index (κ3) is 4.45. The van der Waals surface area contributed by atoms with Crippen LogP contribution in [0.4, 0.5) is 5.69 Å². The van der Waals surface area contributed by atoms with Crippen LogP contribution in [-0.4, -0.2) is 33.4 Å². The van der Waals surface area contributed by atoms with E-state index >= 15 is 0 Å². The first kappa shape index (κ1) is 15.8. The lowest BCUT2D eigenvalue weighted by atomic mass is 10.1. The van der Waals surface area contributed by atoms with Gasteiger partial charge in [-0.3, -0.25) is 4.31 Å². The van der Waals surface area contributed by atoms with Gasteiger partial charge in [0.1, 0.15) is 0 Å². The van der Waals surface area contributed by atoms with Gasteiger partial charge in [-0.05, 0) is 31.4 Å². The second kappa shape index (κ2) is 7.43. The van der Waals surface area contributed by atoms with Gasteiger partial charge < -0.3 is 4.74 Å². The molecule has 0 saturated carbocycles. The highest BCUT2D eigenvalue weighted by Crippen LogP contribution is 2.21. The minimum Gasteiger partial charge on any atom is -0.377 e. The van der Waals surface area contributed by atoms with Gasteiger partial charge in [0.05, 0.1) is 30.0 Å². The predicted molar refractivity (Wildman–Crippen MR) is 81.4 cm³/mol. The lowest BCUT2D eigenvalue weighted by Crippen LogP contribution is -2.39. The number of sulfonamides is 1. The van der Waals surface area contributed by atoms with Gasteiger partial charge in [0.25, 0.3) is 0 Å². The number of rotatable bonds is 6. The summed E-state index contributed by atoms with van der Waals surface area (Å²) >= 11 is 0. The van der Waals surface area contributed by atoms with Gasteiger partial charge in [-0.2, -0.15) is 5.26 Å². The molecule has 114 valence electrons. The first-order valence-electron chi connectivity index (χ1n) is 7.17. The zero-order valence-corrected chi connectivity index (χ0v) is 12.8. The van der Waals surface area contributed by atoms with E-state index in [-0.39, 0.29) is 24.8 Å². The van der Waals surface area contributed by atoms with Gasteiger partial charge >= 0.3 is 0 Å². The summed E-state index contributed by atoms with van der Waals surface area (Å²) in [6, 6.07) is 10.9. The standard InChI is InChI=1S/C15H20N2O3S/c16-10-6-11-17(14-7-2-1-3-8-14)21(18,19)13-15-9-4-5-12-20-15/h1-3,7-8,15H,4-6,9,11-13H2/t15-/m1/s1. The molecular formula is C15H20N2O3S. The highest BCUT2D eigenvalue weighted by atomic mass is 32.2. The van der Waals surface area contributed by atoms with Gasteiger partial charge in [0.15, 0.2) is 0 Å². The normalized spacial score (nSPS) is 18.9. The topological polar surface area (TPSA) is 70.4 Å². The minimum atomic E-state index is -3.49. The van der Waals surface area contributed by atoms with Crippen molar-refractivity contribution in [2.45, 2.75) is 31.8 Å². The molecule has 0 aliphatic carbocycles. The molecule has 1 heterocycles. The average Bonchev–Trinajstić information content (AvgIpc) is 2.49. The first-order chi connectivity index (χ1) is 10.1. The fourth-order valence-corrected chi connectivity index (χ4v) is 4.16. The van der Waals surface area contributed by atoms with Gasteiger partial charge in [0, 0.05) is 13.2 Å². The Bertz CT molecular complexity index is 575. The van der Waals surface area contributed by atoms with Crippen LogP contribution < -0.4 is 4.31 Å². The molecule has 6 heteroatoms. The van der Waals surface area contributed by atoms with Crippen molar-refractivity contribution < 1.29 is 13.2 Å². The van der Waals surface area contributed by atoms with Crippen LogP contribution in [0.3, 0.4) is 0 Å². The zero-order valence-electron chi connectivity index (χ0n) is 11.9. The Morgan fingerprint density at radius 2 is 2.05 bits per heavy atom. The van der Waals surface area contributed by atoms with Gasteiger partial charge in [-0.1, -0.05) is 18.2 Å². The van der Waals surface area contributed by atoms with Gasteiger partial charge in [0.2, 0.25) is 10.0 Å². The first-order valence-corrected chi connectivity index (χ1v) is 8.78. The van der Waals surface area contributed by atoms with Crippen LogP contribution in [0.25, 0.3) is 0 Å². The highest BCUT2D eigenvalue weighted by molar-refractivity contribution is 7.92. The van der Waals surface area contributed by atoms with E-state index in [0.717, 1.165) is 19.3 Å². The fraction of sp³-hybridized carbons (Fsp3) is 0.533. The number of benzene rings is 1. The summed E-state index contributed by atoms with van der Waals surface area (Å²) < 4.78 is 32.1. The highest BCUT2D eigenvalue weighted by Gasteiger charge is 2.27.